The minimum absolute atomic E-state index is 0.0685. The van der Waals surface area contributed by atoms with Crippen molar-refractivity contribution in [2.75, 3.05) is 19.8 Å². The summed E-state index contributed by atoms with van der Waals surface area (Å²) in [5.41, 5.74) is 0. The molecular formula is C11H21NO8. The van der Waals surface area contributed by atoms with Crippen LogP contribution in [0.5, 0.6) is 0 Å². The van der Waals surface area contributed by atoms with Crippen LogP contribution in [0.15, 0.2) is 0 Å². The standard InChI is InChI=1S/C11H21NO8/c13-2-6-8(16)9(17)10(18)11(20-6)19-3-4-7(15)5(14)1-12-4/h4-18H,1-3H2/t4-,5-,6-,7-,8-,9+,10-,11-/m1/s1. The van der Waals surface area contributed by atoms with Crippen molar-refractivity contribution >= 4 is 0 Å². The minimum Gasteiger partial charge on any atom is -0.394 e. The van der Waals surface area contributed by atoms with Crippen molar-refractivity contribution in [1.82, 2.24) is 5.32 Å². The van der Waals surface area contributed by atoms with Gasteiger partial charge in [-0.1, -0.05) is 0 Å². The van der Waals surface area contributed by atoms with Gasteiger partial charge in [-0.25, -0.2) is 0 Å². The Morgan fingerprint density at radius 1 is 1.00 bits per heavy atom. The van der Waals surface area contributed by atoms with Gasteiger partial charge in [-0.2, -0.15) is 0 Å². The number of hydrogen-bond acceptors (Lipinski definition) is 9. The summed E-state index contributed by atoms with van der Waals surface area (Å²) < 4.78 is 10.4. The van der Waals surface area contributed by atoms with E-state index in [1.807, 2.05) is 0 Å². The average Bonchev–Trinajstić information content (AvgIpc) is 2.76. The second-order valence-corrected chi connectivity index (χ2v) is 5.10. The first kappa shape index (κ1) is 16.0. The molecule has 2 aliphatic heterocycles. The van der Waals surface area contributed by atoms with Gasteiger partial charge in [-0.15, -0.1) is 0 Å². The molecule has 8 atom stereocenters. The highest BCUT2D eigenvalue weighted by Crippen LogP contribution is 2.22. The van der Waals surface area contributed by atoms with Gasteiger partial charge in [0.05, 0.1) is 31.5 Å². The lowest BCUT2D eigenvalue weighted by Gasteiger charge is -2.40. The van der Waals surface area contributed by atoms with E-state index in [2.05, 4.69) is 5.32 Å². The maximum Gasteiger partial charge on any atom is 0.186 e. The molecule has 0 saturated carbocycles. The molecule has 118 valence electrons. The summed E-state index contributed by atoms with van der Waals surface area (Å²) >= 11 is 0. The van der Waals surface area contributed by atoms with Crippen molar-refractivity contribution in [3.8, 4) is 0 Å². The van der Waals surface area contributed by atoms with E-state index in [9.17, 15) is 25.5 Å². The molecule has 0 spiro atoms. The van der Waals surface area contributed by atoms with Gasteiger partial charge in [0.1, 0.15) is 24.4 Å². The summed E-state index contributed by atoms with van der Waals surface area (Å²) in [6.45, 7) is -0.376. The lowest BCUT2D eigenvalue weighted by Crippen LogP contribution is -2.59. The Kier molecular flexibility index (Phi) is 5.29. The highest BCUT2D eigenvalue weighted by molar-refractivity contribution is 4.92. The molecule has 2 fully saturated rings. The fraction of sp³-hybridized carbons (Fsp3) is 1.00. The molecule has 0 unspecified atom stereocenters. The van der Waals surface area contributed by atoms with Gasteiger partial charge in [-0.3, -0.25) is 0 Å². The topological polar surface area (TPSA) is 152 Å². The van der Waals surface area contributed by atoms with Crippen molar-refractivity contribution in [3.63, 3.8) is 0 Å². The first-order valence-corrected chi connectivity index (χ1v) is 6.47. The summed E-state index contributed by atoms with van der Waals surface area (Å²) in [6, 6.07) is -0.530. The van der Waals surface area contributed by atoms with Gasteiger partial charge in [-0.05, 0) is 0 Å². The van der Waals surface area contributed by atoms with Crippen LogP contribution in [0.25, 0.3) is 0 Å². The van der Waals surface area contributed by atoms with Crippen molar-refractivity contribution in [3.05, 3.63) is 0 Å². The monoisotopic (exact) mass is 295 g/mol. The molecule has 0 aromatic heterocycles. The van der Waals surface area contributed by atoms with Crippen LogP contribution in [0.2, 0.25) is 0 Å². The summed E-state index contributed by atoms with van der Waals surface area (Å²) in [6.07, 6.45) is -8.58. The maximum absolute atomic E-state index is 9.74. The van der Waals surface area contributed by atoms with Crippen molar-refractivity contribution < 1.29 is 40.1 Å². The van der Waals surface area contributed by atoms with E-state index in [1.54, 1.807) is 0 Å². The van der Waals surface area contributed by atoms with Crippen LogP contribution in [0, 0.1) is 0 Å². The smallest absolute Gasteiger partial charge is 0.186 e. The van der Waals surface area contributed by atoms with Gasteiger partial charge < -0.3 is 45.4 Å². The van der Waals surface area contributed by atoms with Crippen LogP contribution in [-0.4, -0.2) is 99.4 Å². The maximum atomic E-state index is 9.74. The number of hydrogen-bond donors (Lipinski definition) is 7. The molecule has 2 heterocycles. The molecule has 0 aliphatic carbocycles. The lowest BCUT2D eigenvalue weighted by molar-refractivity contribution is -0.302. The zero-order chi connectivity index (χ0) is 14.9. The fourth-order valence-corrected chi connectivity index (χ4v) is 2.34. The van der Waals surface area contributed by atoms with Crippen LogP contribution in [0.4, 0.5) is 0 Å². The van der Waals surface area contributed by atoms with E-state index in [-0.39, 0.29) is 13.2 Å². The zero-order valence-corrected chi connectivity index (χ0v) is 10.7. The lowest BCUT2D eigenvalue weighted by atomic mass is 9.99. The molecule has 9 nitrogen and oxygen atoms in total. The SMILES string of the molecule is OC[C@H]1O[C@@H](OC[C@H]2NC[C@@H](O)[C@@H]2O)[C@H](O)[C@@H](O)[C@@H]1O. The van der Waals surface area contributed by atoms with E-state index >= 15 is 0 Å². The van der Waals surface area contributed by atoms with E-state index in [0.717, 1.165) is 0 Å². The van der Waals surface area contributed by atoms with E-state index in [1.165, 1.54) is 0 Å². The van der Waals surface area contributed by atoms with Gasteiger partial charge in [0.2, 0.25) is 0 Å². The Morgan fingerprint density at radius 3 is 2.25 bits per heavy atom. The van der Waals surface area contributed by atoms with E-state index in [4.69, 9.17) is 14.6 Å². The van der Waals surface area contributed by atoms with Gasteiger partial charge in [0, 0.05) is 6.54 Å². The van der Waals surface area contributed by atoms with E-state index in [0.29, 0.717) is 0 Å². The predicted molar refractivity (Wildman–Crippen MR) is 63.5 cm³/mol. The molecule has 0 aromatic rings. The third-order valence-electron chi connectivity index (χ3n) is 3.68. The Labute approximate surface area is 115 Å². The molecule has 2 rings (SSSR count). The number of β-amino-alcohol motifs (C(OH)–C–C–N with tert-alkyl or cyclic N) is 1. The van der Waals surface area contributed by atoms with Gasteiger partial charge in [0.15, 0.2) is 6.29 Å². The second-order valence-electron chi connectivity index (χ2n) is 5.10. The van der Waals surface area contributed by atoms with Crippen LogP contribution >= 0.6 is 0 Å². The average molecular weight is 295 g/mol. The minimum atomic E-state index is -1.50. The van der Waals surface area contributed by atoms with Crippen LogP contribution < -0.4 is 5.32 Å². The van der Waals surface area contributed by atoms with Gasteiger partial charge in [0.25, 0.3) is 0 Å². The number of ether oxygens (including phenoxy) is 2. The van der Waals surface area contributed by atoms with Crippen LogP contribution in [-0.2, 0) is 9.47 Å². The first-order valence-electron chi connectivity index (χ1n) is 6.47. The molecule has 20 heavy (non-hydrogen) atoms. The molecule has 2 saturated heterocycles. The molecule has 2 aliphatic rings. The predicted octanol–water partition coefficient (Wildman–Crippen LogP) is -4.50. The third-order valence-corrected chi connectivity index (χ3v) is 3.68. The third kappa shape index (κ3) is 3.11. The second kappa shape index (κ2) is 6.60. The number of rotatable bonds is 4. The van der Waals surface area contributed by atoms with Crippen LogP contribution in [0.3, 0.4) is 0 Å². The summed E-state index contributed by atoms with van der Waals surface area (Å²) in [4.78, 5) is 0. The molecule has 0 bridgehead atoms. The van der Waals surface area contributed by atoms with Crippen LogP contribution in [0.1, 0.15) is 0 Å². The Balaban J connectivity index is 1.88. The quantitative estimate of drug-likeness (QED) is 0.272. The van der Waals surface area contributed by atoms with Gasteiger partial charge >= 0.3 is 0 Å². The Morgan fingerprint density at radius 2 is 1.70 bits per heavy atom. The largest absolute Gasteiger partial charge is 0.394 e. The Hall–Kier alpha value is -0.360. The zero-order valence-electron chi connectivity index (χ0n) is 10.7. The van der Waals surface area contributed by atoms with Crippen molar-refractivity contribution in [2.45, 2.75) is 49.0 Å². The summed E-state index contributed by atoms with van der Waals surface area (Å²) in [7, 11) is 0. The fourth-order valence-electron chi connectivity index (χ4n) is 2.34. The molecule has 0 aromatic carbocycles. The number of nitrogens with one attached hydrogen (secondary N) is 1. The summed E-state index contributed by atoms with van der Waals surface area (Å²) in [5, 5.41) is 59.7. The van der Waals surface area contributed by atoms with Crippen molar-refractivity contribution in [2.24, 2.45) is 0 Å². The van der Waals surface area contributed by atoms with E-state index < -0.39 is 55.6 Å². The number of aliphatic hydroxyl groups is 6. The molecule has 0 amide bonds. The molecular weight excluding hydrogens is 274 g/mol. The molecule has 7 N–H and O–H groups in total. The Bertz CT molecular complexity index is 317. The summed E-state index contributed by atoms with van der Waals surface area (Å²) in [5.74, 6) is 0. The highest BCUT2D eigenvalue weighted by atomic mass is 16.7. The van der Waals surface area contributed by atoms with Crippen molar-refractivity contribution in [1.29, 1.82) is 0 Å². The molecule has 9 heteroatoms. The normalized spacial score (nSPS) is 49.5. The molecule has 0 radical (unpaired) electrons. The highest BCUT2D eigenvalue weighted by Gasteiger charge is 2.44. The number of aliphatic hydroxyl groups excluding tert-OH is 6. The first-order chi connectivity index (χ1) is 9.45.